The molecule has 1 aliphatic heterocycles. The van der Waals surface area contributed by atoms with Crippen LogP contribution in [-0.4, -0.2) is 12.2 Å². The van der Waals surface area contributed by atoms with E-state index in [4.69, 9.17) is 4.74 Å². The van der Waals surface area contributed by atoms with Gasteiger partial charge in [-0.2, -0.15) is 0 Å². The Morgan fingerprint density at radius 1 is 1.50 bits per heavy atom. The lowest BCUT2D eigenvalue weighted by molar-refractivity contribution is 0.361. The average Bonchev–Trinajstić information content (AvgIpc) is 2.54. The first-order valence-electron chi connectivity index (χ1n) is 4.17. The third kappa shape index (κ3) is 1.24. The average molecular weight is 138 g/mol. The van der Waals surface area contributed by atoms with E-state index in [2.05, 4.69) is 13.0 Å². The minimum atomic E-state index is 0.594. The fourth-order valence-electron chi connectivity index (χ4n) is 1.68. The summed E-state index contributed by atoms with van der Waals surface area (Å²) in [6, 6.07) is 0. The number of rotatable bonds is 0. The molecule has 0 saturated carbocycles. The fraction of sp³-hybridized carbons (Fsp3) is 0.778. The molecular formula is C9H14O. The van der Waals surface area contributed by atoms with Gasteiger partial charge in [0, 0.05) is 0 Å². The van der Waals surface area contributed by atoms with E-state index < -0.39 is 0 Å². The number of epoxide rings is 1. The topological polar surface area (TPSA) is 12.5 Å². The Morgan fingerprint density at radius 3 is 3.30 bits per heavy atom. The normalized spacial score (nSPS) is 39.1. The van der Waals surface area contributed by atoms with Gasteiger partial charge in [-0.15, -0.1) is 0 Å². The van der Waals surface area contributed by atoms with Gasteiger partial charge < -0.3 is 4.74 Å². The minimum absolute atomic E-state index is 0.594. The quantitative estimate of drug-likeness (QED) is 0.369. The summed E-state index contributed by atoms with van der Waals surface area (Å²) in [5, 5.41) is 0. The zero-order valence-corrected chi connectivity index (χ0v) is 6.47. The van der Waals surface area contributed by atoms with Crippen molar-refractivity contribution < 1.29 is 4.74 Å². The van der Waals surface area contributed by atoms with Crippen molar-refractivity contribution in [2.45, 2.75) is 44.8 Å². The Kier molecular flexibility index (Phi) is 1.53. The summed E-state index contributed by atoms with van der Waals surface area (Å²) in [6.07, 6.45) is 8.63. The summed E-state index contributed by atoms with van der Waals surface area (Å²) < 4.78 is 5.47. The van der Waals surface area contributed by atoms with Crippen molar-refractivity contribution in [2.24, 2.45) is 0 Å². The van der Waals surface area contributed by atoms with E-state index >= 15 is 0 Å². The number of allylic oxidation sites excluding steroid dienone is 1. The molecule has 1 nitrogen and oxygen atoms in total. The molecule has 1 heterocycles. The highest BCUT2D eigenvalue weighted by Crippen LogP contribution is 2.33. The fourth-order valence-corrected chi connectivity index (χ4v) is 1.68. The summed E-state index contributed by atoms with van der Waals surface area (Å²) in [4.78, 5) is 0. The first-order valence-corrected chi connectivity index (χ1v) is 4.17. The molecule has 0 aromatic heterocycles. The standard InChI is InChI=1S/C9H14O/c1-7-4-2-3-5-8-9(6-7)10-8/h4,8-9H,2-3,5-6H2,1H3. The lowest BCUT2D eigenvalue weighted by Gasteiger charge is -2.01. The zero-order valence-electron chi connectivity index (χ0n) is 6.47. The van der Waals surface area contributed by atoms with Crippen LogP contribution in [0.3, 0.4) is 0 Å². The van der Waals surface area contributed by atoms with Crippen molar-refractivity contribution in [1.82, 2.24) is 0 Å². The van der Waals surface area contributed by atoms with E-state index in [0.717, 1.165) is 0 Å². The molecule has 1 fully saturated rings. The third-order valence-corrected chi connectivity index (χ3v) is 2.40. The maximum atomic E-state index is 5.47. The number of ether oxygens (including phenoxy) is 1. The van der Waals surface area contributed by atoms with Gasteiger partial charge >= 0.3 is 0 Å². The van der Waals surface area contributed by atoms with E-state index in [9.17, 15) is 0 Å². The van der Waals surface area contributed by atoms with Gasteiger partial charge in [-0.25, -0.2) is 0 Å². The summed E-state index contributed by atoms with van der Waals surface area (Å²) in [6.45, 7) is 2.21. The molecule has 2 unspecified atom stereocenters. The smallest absolute Gasteiger partial charge is 0.0878 e. The van der Waals surface area contributed by atoms with Gasteiger partial charge in [0.25, 0.3) is 0 Å². The molecule has 1 heteroatoms. The van der Waals surface area contributed by atoms with Gasteiger partial charge in [-0.3, -0.25) is 0 Å². The molecule has 56 valence electrons. The van der Waals surface area contributed by atoms with E-state index in [1.807, 2.05) is 0 Å². The van der Waals surface area contributed by atoms with Gasteiger partial charge in [-0.05, 0) is 32.6 Å². The van der Waals surface area contributed by atoms with E-state index in [1.54, 1.807) is 0 Å². The van der Waals surface area contributed by atoms with E-state index in [-0.39, 0.29) is 0 Å². The summed E-state index contributed by atoms with van der Waals surface area (Å²) in [7, 11) is 0. The number of fused-ring (bicyclic) bond motifs is 1. The van der Waals surface area contributed by atoms with Crippen LogP contribution in [0.4, 0.5) is 0 Å². The molecule has 1 aliphatic carbocycles. The van der Waals surface area contributed by atoms with E-state index in [1.165, 1.54) is 31.3 Å². The predicted octanol–water partition coefficient (Wildman–Crippen LogP) is 2.27. The molecule has 1 saturated heterocycles. The number of hydrogen-bond acceptors (Lipinski definition) is 1. The van der Waals surface area contributed by atoms with Gasteiger partial charge in [0.15, 0.2) is 0 Å². The van der Waals surface area contributed by atoms with Crippen LogP contribution in [0.1, 0.15) is 32.6 Å². The molecule has 2 atom stereocenters. The van der Waals surface area contributed by atoms with Crippen LogP contribution in [0.15, 0.2) is 11.6 Å². The summed E-state index contributed by atoms with van der Waals surface area (Å²) in [5.41, 5.74) is 1.52. The first-order chi connectivity index (χ1) is 4.86. The maximum absolute atomic E-state index is 5.47. The Bertz CT molecular complexity index is 160. The first kappa shape index (κ1) is 6.41. The zero-order chi connectivity index (χ0) is 6.97. The summed E-state index contributed by atoms with van der Waals surface area (Å²) >= 11 is 0. The highest BCUT2D eigenvalue weighted by atomic mass is 16.6. The van der Waals surface area contributed by atoms with Crippen LogP contribution < -0.4 is 0 Å². The Balaban J connectivity index is 1.99. The maximum Gasteiger partial charge on any atom is 0.0878 e. The second kappa shape index (κ2) is 2.39. The Morgan fingerprint density at radius 2 is 2.40 bits per heavy atom. The lowest BCUT2D eigenvalue weighted by Crippen LogP contribution is -1.97. The van der Waals surface area contributed by atoms with Gasteiger partial charge in [-0.1, -0.05) is 11.6 Å². The second-order valence-electron chi connectivity index (χ2n) is 3.40. The molecule has 0 N–H and O–H groups in total. The van der Waals surface area contributed by atoms with Crippen LogP contribution in [0, 0.1) is 0 Å². The minimum Gasteiger partial charge on any atom is -0.369 e. The van der Waals surface area contributed by atoms with Crippen molar-refractivity contribution in [2.75, 3.05) is 0 Å². The predicted molar refractivity (Wildman–Crippen MR) is 40.9 cm³/mol. The molecule has 0 spiro atoms. The van der Waals surface area contributed by atoms with Gasteiger partial charge in [0.05, 0.1) is 12.2 Å². The highest BCUT2D eigenvalue weighted by Gasteiger charge is 2.38. The van der Waals surface area contributed by atoms with E-state index in [0.29, 0.717) is 12.2 Å². The second-order valence-corrected chi connectivity index (χ2v) is 3.40. The van der Waals surface area contributed by atoms with Crippen molar-refractivity contribution in [3.8, 4) is 0 Å². The molecule has 10 heavy (non-hydrogen) atoms. The van der Waals surface area contributed by atoms with Crippen LogP contribution in [0.25, 0.3) is 0 Å². The lowest BCUT2D eigenvalue weighted by atomic mass is 10.0. The molecule has 0 radical (unpaired) electrons. The van der Waals surface area contributed by atoms with Gasteiger partial charge in [0.2, 0.25) is 0 Å². The third-order valence-electron chi connectivity index (χ3n) is 2.40. The van der Waals surface area contributed by atoms with Crippen molar-refractivity contribution >= 4 is 0 Å². The molecule has 0 aromatic carbocycles. The van der Waals surface area contributed by atoms with Crippen LogP contribution in [0.2, 0.25) is 0 Å². The van der Waals surface area contributed by atoms with Crippen LogP contribution >= 0.6 is 0 Å². The largest absolute Gasteiger partial charge is 0.369 e. The summed E-state index contributed by atoms with van der Waals surface area (Å²) in [5.74, 6) is 0. The molecule has 0 amide bonds. The van der Waals surface area contributed by atoms with Crippen LogP contribution in [-0.2, 0) is 4.74 Å². The SMILES string of the molecule is CC1=CCCCC2OC2C1. The van der Waals surface area contributed by atoms with Crippen molar-refractivity contribution in [3.05, 3.63) is 11.6 Å². The van der Waals surface area contributed by atoms with Crippen molar-refractivity contribution in [1.29, 1.82) is 0 Å². The van der Waals surface area contributed by atoms with Crippen LogP contribution in [0.5, 0.6) is 0 Å². The molecule has 2 rings (SSSR count). The number of hydrogen-bond donors (Lipinski definition) is 0. The monoisotopic (exact) mass is 138 g/mol. The Labute approximate surface area is 62.1 Å². The van der Waals surface area contributed by atoms with Gasteiger partial charge in [0.1, 0.15) is 0 Å². The van der Waals surface area contributed by atoms with Crippen molar-refractivity contribution in [3.63, 3.8) is 0 Å². The molecule has 2 aliphatic rings. The molecule has 0 bridgehead atoms. The molecule has 0 aromatic rings. The highest BCUT2D eigenvalue weighted by molar-refractivity contribution is 5.06. The Hall–Kier alpha value is -0.300. The molecular weight excluding hydrogens is 124 g/mol.